The van der Waals surface area contributed by atoms with E-state index in [2.05, 4.69) is 5.32 Å². The summed E-state index contributed by atoms with van der Waals surface area (Å²) in [7, 11) is 0. The van der Waals surface area contributed by atoms with Gasteiger partial charge in [0, 0.05) is 13.0 Å². The highest BCUT2D eigenvalue weighted by molar-refractivity contribution is 5.85. The molecule has 1 rings (SSSR count). The molecule has 0 aromatic heterocycles. The summed E-state index contributed by atoms with van der Waals surface area (Å²) in [6, 6.07) is 7.27. The van der Waals surface area contributed by atoms with Gasteiger partial charge in [0.15, 0.2) is 0 Å². The first kappa shape index (κ1) is 14.2. The third-order valence-corrected chi connectivity index (χ3v) is 2.70. The van der Waals surface area contributed by atoms with E-state index in [1.54, 1.807) is 6.07 Å². The Balaban J connectivity index is 2.77. The molecule has 0 radical (unpaired) electrons. The Morgan fingerprint density at radius 2 is 2.11 bits per heavy atom. The number of aliphatic carboxylic acids is 1. The van der Waals surface area contributed by atoms with Gasteiger partial charge >= 0.3 is 5.97 Å². The maximum absolute atomic E-state index is 11.6. The van der Waals surface area contributed by atoms with E-state index < -0.39 is 11.9 Å². The number of carbonyl (C=O) groups is 2. The summed E-state index contributed by atoms with van der Waals surface area (Å²) in [4.78, 5) is 22.8. The smallest absolute Gasteiger partial charge is 0.311 e. The number of hydrogen-bond acceptors (Lipinski definition) is 2. The third-order valence-electron chi connectivity index (χ3n) is 2.70. The van der Waals surface area contributed by atoms with Gasteiger partial charge in [-0.1, -0.05) is 36.8 Å². The van der Waals surface area contributed by atoms with Crippen LogP contribution < -0.4 is 5.32 Å². The van der Waals surface area contributed by atoms with E-state index in [4.69, 9.17) is 0 Å². The fourth-order valence-electron chi connectivity index (χ4n) is 1.76. The van der Waals surface area contributed by atoms with Crippen molar-refractivity contribution >= 4 is 11.9 Å². The van der Waals surface area contributed by atoms with Gasteiger partial charge in [-0.15, -0.1) is 0 Å². The molecule has 1 amide bonds. The fourth-order valence-corrected chi connectivity index (χ4v) is 1.76. The summed E-state index contributed by atoms with van der Waals surface area (Å²) in [5.41, 5.74) is 1.67. The van der Waals surface area contributed by atoms with Crippen molar-refractivity contribution in [2.24, 2.45) is 0 Å². The average Bonchev–Trinajstić information content (AvgIpc) is 2.33. The van der Waals surface area contributed by atoms with Gasteiger partial charge in [-0.3, -0.25) is 9.59 Å². The second-order valence-electron chi connectivity index (χ2n) is 4.36. The Bertz CT molecular complexity index is 429. The fraction of sp³-hybridized carbons (Fsp3) is 0.429. The zero-order chi connectivity index (χ0) is 13.5. The maximum Gasteiger partial charge on any atom is 0.311 e. The summed E-state index contributed by atoms with van der Waals surface area (Å²) >= 11 is 0. The minimum absolute atomic E-state index is 0.0151. The van der Waals surface area contributed by atoms with E-state index in [9.17, 15) is 14.7 Å². The Labute approximate surface area is 107 Å². The van der Waals surface area contributed by atoms with Gasteiger partial charge in [0.05, 0.1) is 5.92 Å². The van der Waals surface area contributed by atoms with Crippen LogP contribution in [0.3, 0.4) is 0 Å². The van der Waals surface area contributed by atoms with Crippen molar-refractivity contribution in [3.05, 3.63) is 35.4 Å². The SMILES string of the molecule is CCCNC(=O)CC(C(=O)O)c1cccc(C)c1. The van der Waals surface area contributed by atoms with Crippen molar-refractivity contribution in [1.29, 1.82) is 0 Å². The van der Waals surface area contributed by atoms with Gasteiger partial charge in [-0.05, 0) is 18.9 Å². The largest absolute Gasteiger partial charge is 0.481 e. The van der Waals surface area contributed by atoms with E-state index in [0.29, 0.717) is 12.1 Å². The van der Waals surface area contributed by atoms with Gasteiger partial charge in [0.1, 0.15) is 0 Å². The number of carboxylic acid groups (broad SMARTS) is 1. The lowest BCUT2D eigenvalue weighted by atomic mass is 9.94. The van der Waals surface area contributed by atoms with Crippen molar-refractivity contribution in [3.8, 4) is 0 Å². The van der Waals surface area contributed by atoms with Gasteiger partial charge in [0.25, 0.3) is 0 Å². The Hall–Kier alpha value is -1.84. The Morgan fingerprint density at radius 3 is 2.67 bits per heavy atom. The quantitative estimate of drug-likeness (QED) is 0.811. The topological polar surface area (TPSA) is 66.4 Å². The summed E-state index contributed by atoms with van der Waals surface area (Å²) < 4.78 is 0. The van der Waals surface area contributed by atoms with Crippen LogP contribution >= 0.6 is 0 Å². The molecule has 0 saturated heterocycles. The average molecular weight is 249 g/mol. The standard InChI is InChI=1S/C14H19NO3/c1-3-7-15-13(16)9-12(14(17)18)11-6-4-5-10(2)8-11/h4-6,8,12H,3,7,9H2,1-2H3,(H,15,16)(H,17,18). The molecule has 1 atom stereocenters. The minimum Gasteiger partial charge on any atom is -0.481 e. The molecule has 98 valence electrons. The highest BCUT2D eigenvalue weighted by Crippen LogP contribution is 2.21. The first-order chi connectivity index (χ1) is 8.54. The number of carboxylic acids is 1. The Morgan fingerprint density at radius 1 is 1.39 bits per heavy atom. The van der Waals surface area contributed by atoms with Gasteiger partial charge in [-0.25, -0.2) is 0 Å². The predicted molar refractivity (Wildman–Crippen MR) is 69.5 cm³/mol. The molecule has 0 aliphatic heterocycles. The lowest BCUT2D eigenvalue weighted by molar-refractivity contribution is -0.140. The number of benzene rings is 1. The molecule has 0 bridgehead atoms. The molecule has 0 spiro atoms. The number of amides is 1. The minimum atomic E-state index is -0.966. The molecule has 0 saturated carbocycles. The summed E-state index contributed by atoms with van der Waals surface area (Å²) in [5, 5.41) is 11.9. The molecule has 1 aromatic rings. The van der Waals surface area contributed by atoms with E-state index in [0.717, 1.165) is 12.0 Å². The summed E-state index contributed by atoms with van der Waals surface area (Å²) in [5.74, 6) is -1.96. The molecule has 2 N–H and O–H groups in total. The van der Waals surface area contributed by atoms with E-state index in [1.807, 2.05) is 32.0 Å². The van der Waals surface area contributed by atoms with Crippen molar-refractivity contribution in [1.82, 2.24) is 5.32 Å². The molecule has 0 aliphatic carbocycles. The van der Waals surface area contributed by atoms with Crippen LogP contribution in [0.2, 0.25) is 0 Å². The number of rotatable bonds is 6. The number of carbonyl (C=O) groups excluding carboxylic acids is 1. The van der Waals surface area contributed by atoms with Gasteiger partial charge in [0.2, 0.25) is 5.91 Å². The molecule has 0 fully saturated rings. The van der Waals surface area contributed by atoms with E-state index >= 15 is 0 Å². The van der Waals surface area contributed by atoms with Crippen LogP contribution in [0.25, 0.3) is 0 Å². The molecule has 18 heavy (non-hydrogen) atoms. The summed E-state index contributed by atoms with van der Waals surface area (Å²) in [6.07, 6.45) is 0.826. The van der Waals surface area contributed by atoms with Crippen LogP contribution in [-0.2, 0) is 9.59 Å². The van der Waals surface area contributed by atoms with Crippen LogP contribution in [0.4, 0.5) is 0 Å². The zero-order valence-electron chi connectivity index (χ0n) is 10.8. The lowest BCUT2D eigenvalue weighted by Gasteiger charge is -2.13. The number of nitrogens with one attached hydrogen (secondary N) is 1. The number of hydrogen-bond donors (Lipinski definition) is 2. The molecular formula is C14H19NO3. The van der Waals surface area contributed by atoms with Crippen molar-refractivity contribution < 1.29 is 14.7 Å². The van der Waals surface area contributed by atoms with Crippen molar-refractivity contribution in [2.75, 3.05) is 6.54 Å². The second kappa shape index (κ2) is 6.79. The van der Waals surface area contributed by atoms with Crippen molar-refractivity contribution in [3.63, 3.8) is 0 Å². The molecule has 0 heterocycles. The van der Waals surface area contributed by atoms with Gasteiger partial charge < -0.3 is 10.4 Å². The summed E-state index contributed by atoms with van der Waals surface area (Å²) in [6.45, 7) is 4.44. The normalized spacial score (nSPS) is 11.9. The van der Waals surface area contributed by atoms with Crippen LogP contribution in [0.5, 0.6) is 0 Å². The molecular weight excluding hydrogens is 230 g/mol. The van der Waals surface area contributed by atoms with Crippen LogP contribution in [0.1, 0.15) is 36.8 Å². The first-order valence-corrected chi connectivity index (χ1v) is 6.10. The monoisotopic (exact) mass is 249 g/mol. The maximum atomic E-state index is 11.6. The van der Waals surface area contributed by atoms with Crippen LogP contribution in [0, 0.1) is 6.92 Å². The van der Waals surface area contributed by atoms with E-state index in [1.165, 1.54) is 0 Å². The lowest BCUT2D eigenvalue weighted by Crippen LogP contribution is -2.28. The number of aryl methyl sites for hydroxylation is 1. The van der Waals surface area contributed by atoms with E-state index in [-0.39, 0.29) is 12.3 Å². The van der Waals surface area contributed by atoms with Crippen molar-refractivity contribution in [2.45, 2.75) is 32.6 Å². The molecule has 1 aromatic carbocycles. The van der Waals surface area contributed by atoms with Gasteiger partial charge in [-0.2, -0.15) is 0 Å². The molecule has 1 unspecified atom stereocenters. The third kappa shape index (κ3) is 4.20. The Kier molecular flexibility index (Phi) is 5.36. The zero-order valence-corrected chi connectivity index (χ0v) is 10.8. The highest BCUT2D eigenvalue weighted by atomic mass is 16.4. The first-order valence-electron chi connectivity index (χ1n) is 6.10. The van der Waals surface area contributed by atoms with Crippen LogP contribution in [-0.4, -0.2) is 23.5 Å². The predicted octanol–water partition coefficient (Wildman–Crippen LogP) is 2.08. The molecule has 4 nitrogen and oxygen atoms in total. The second-order valence-corrected chi connectivity index (χ2v) is 4.36. The highest BCUT2D eigenvalue weighted by Gasteiger charge is 2.23. The van der Waals surface area contributed by atoms with Crippen LogP contribution in [0.15, 0.2) is 24.3 Å². The molecule has 4 heteroatoms. The molecule has 0 aliphatic rings.